The van der Waals surface area contributed by atoms with Crippen LogP contribution in [0.4, 0.5) is 0 Å². The Morgan fingerprint density at radius 2 is 1.26 bits per heavy atom. The van der Waals surface area contributed by atoms with Crippen molar-refractivity contribution in [1.82, 2.24) is 0 Å². The number of hydrogen-bond acceptors (Lipinski definition) is 0. The molecule has 0 bridgehead atoms. The summed E-state index contributed by atoms with van der Waals surface area (Å²) in [6.07, 6.45) is 9.33. The fourth-order valence-electron chi connectivity index (χ4n) is 5.36. The first-order valence-electron chi connectivity index (χ1n) is 12.6. The van der Waals surface area contributed by atoms with Crippen molar-refractivity contribution in [3.05, 3.63) is 118 Å². The van der Waals surface area contributed by atoms with E-state index in [4.69, 9.17) is 11.6 Å². The van der Waals surface area contributed by atoms with E-state index in [1.807, 2.05) is 6.07 Å². The molecule has 3 aromatic carbocycles. The molecule has 0 saturated heterocycles. The van der Waals surface area contributed by atoms with Crippen LogP contribution in [0, 0.1) is 0 Å². The minimum atomic E-state index is -2.29. The summed E-state index contributed by atoms with van der Waals surface area (Å²) in [7, 11) is 0. The van der Waals surface area contributed by atoms with E-state index in [2.05, 4.69) is 124 Å². The molecule has 35 heavy (non-hydrogen) atoms. The Kier molecular flexibility index (Phi) is 6.57. The van der Waals surface area contributed by atoms with E-state index < -0.39 is 21.3 Å². The Balaban J connectivity index is 1.76. The van der Waals surface area contributed by atoms with E-state index in [-0.39, 0.29) is 10.8 Å². The molecule has 178 valence electrons. The molecule has 0 aliphatic heterocycles. The number of hydrogen-bond donors (Lipinski definition) is 0. The van der Waals surface area contributed by atoms with E-state index in [9.17, 15) is 0 Å². The molecule has 0 nitrogen and oxygen atoms in total. The van der Waals surface area contributed by atoms with Crippen molar-refractivity contribution in [1.29, 1.82) is 0 Å². The quantitative estimate of drug-likeness (QED) is 0.301. The number of rotatable bonds is 3. The van der Waals surface area contributed by atoms with Crippen LogP contribution in [-0.2, 0) is 32.1 Å². The van der Waals surface area contributed by atoms with Gasteiger partial charge < -0.3 is 0 Å². The van der Waals surface area contributed by atoms with E-state index in [1.54, 1.807) is 0 Å². The predicted octanol–water partition coefficient (Wildman–Crippen LogP) is 9.39. The number of allylic oxidation sites excluding steroid dienone is 4. The van der Waals surface area contributed by atoms with Crippen LogP contribution in [0.3, 0.4) is 0 Å². The molecule has 0 radical (unpaired) electrons. The first kappa shape index (κ1) is 24.9. The zero-order chi connectivity index (χ0) is 25.0. The summed E-state index contributed by atoms with van der Waals surface area (Å²) in [5.41, 5.74) is 10.3. The van der Waals surface area contributed by atoms with Gasteiger partial charge >= 0.3 is 225 Å². The van der Waals surface area contributed by atoms with Crippen LogP contribution < -0.4 is 0 Å². The zero-order valence-corrected chi connectivity index (χ0v) is 24.9. The SMILES string of the molecule is CC(C)(C)c1ccc2c(c1)-c1cc(C(C)(C)C)ccc1[CH]2[Zr](=[CH]c1cccc(Cl)c1)[CH]1C=CC=C1. The van der Waals surface area contributed by atoms with Gasteiger partial charge in [-0.3, -0.25) is 0 Å². The molecular weight excluding hydrogens is 523 g/mol. The molecule has 2 aliphatic carbocycles. The molecule has 0 fully saturated rings. The maximum absolute atomic E-state index is 6.40. The van der Waals surface area contributed by atoms with Crippen LogP contribution in [-0.4, -0.2) is 3.71 Å². The van der Waals surface area contributed by atoms with Crippen LogP contribution in [0.25, 0.3) is 11.1 Å². The van der Waals surface area contributed by atoms with Crippen LogP contribution >= 0.6 is 11.6 Å². The van der Waals surface area contributed by atoms with Gasteiger partial charge in [0.2, 0.25) is 0 Å². The van der Waals surface area contributed by atoms with Gasteiger partial charge in [0, 0.05) is 0 Å². The number of fused-ring (bicyclic) bond motifs is 3. The second kappa shape index (κ2) is 9.24. The van der Waals surface area contributed by atoms with Crippen molar-refractivity contribution in [2.24, 2.45) is 0 Å². The molecular formula is C33H35ClZr. The van der Waals surface area contributed by atoms with Gasteiger partial charge in [0.25, 0.3) is 0 Å². The summed E-state index contributed by atoms with van der Waals surface area (Å²) in [6.45, 7) is 13.9. The van der Waals surface area contributed by atoms with E-state index in [0.717, 1.165) is 5.02 Å². The van der Waals surface area contributed by atoms with Gasteiger partial charge in [-0.25, -0.2) is 0 Å². The van der Waals surface area contributed by atoms with Crippen LogP contribution in [0.5, 0.6) is 0 Å². The first-order valence-corrected chi connectivity index (χ1v) is 17.3. The van der Waals surface area contributed by atoms with E-state index in [1.165, 1.54) is 38.9 Å². The van der Waals surface area contributed by atoms with Crippen LogP contribution in [0.1, 0.15) is 73.0 Å². The fraction of sp³-hybridized carbons (Fsp3) is 0.303. The Bertz CT molecular complexity index is 1300. The fourth-order valence-corrected chi connectivity index (χ4v) is 13.4. The van der Waals surface area contributed by atoms with Crippen molar-refractivity contribution in [2.45, 2.75) is 59.6 Å². The summed E-state index contributed by atoms with van der Waals surface area (Å²) in [5, 5.41) is 0.816. The summed E-state index contributed by atoms with van der Waals surface area (Å²) < 4.78 is 3.67. The second-order valence-electron chi connectivity index (χ2n) is 12.0. The monoisotopic (exact) mass is 556 g/mol. The molecule has 5 rings (SSSR count). The topological polar surface area (TPSA) is 0 Å². The molecule has 0 atom stereocenters. The third-order valence-corrected chi connectivity index (χ3v) is 15.3. The molecule has 0 unspecified atom stereocenters. The first-order chi connectivity index (χ1) is 16.5. The van der Waals surface area contributed by atoms with Crippen molar-refractivity contribution in [3.63, 3.8) is 0 Å². The predicted molar refractivity (Wildman–Crippen MR) is 150 cm³/mol. The van der Waals surface area contributed by atoms with E-state index in [0.29, 0.717) is 7.25 Å². The third kappa shape index (κ3) is 4.92. The van der Waals surface area contributed by atoms with Crippen LogP contribution in [0.15, 0.2) is 85.0 Å². The molecule has 0 spiro atoms. The molecule has 0 N–H and O–H groups in total. The van der Waals surface area contributed by atoms with Gasteiger partial charge in [-0.2, -0.15) is 0 Å². The van der Waals surface area contributed by atoms with E-state index >= 15 is 0 Å². The van der Waals surface area contributed by atoms with Crippen molar-refractivity contribution in [3.8, 4) is 11.1 Å². The number of halogens is 1. The second-order valence-corrected chi connectivity index (χ2v) is 18.7. The minimum absolute atomic E-state index is 0.125. The Morgan fingerprint density at radius 3 is 1.74 bits per heavy atom. The van der Waals surface area contributed by atoms with Crippen molar-refractivity contribution in [2.75, 3.05) is 0 Å². The Labute approximate surface area is 223 Å². The standard InChI is InChI=1S/C21H25.C7H5Cl.C5H5.Zr/c1-20(2,3)16-9-7-14-11-15-8-10-17(21(4,5)6)13-19(15)18(14)12-16;1-6-3-2-4-7(8)5-6;1-2-4-5-3-1;/h7-13H,1-6H3;1-5H;1-5H;. The van der Waals surface area contributed by atoms with Gasteiger partial charge in [0.1, 0.15) is 0 Å². The van der Waals surface area contributed by atoms with Gasteiger partial charge in [-0.05, 0) is 0 Å². The molecule has 2 aliphatic rings. The average molecular weight is 558 g/mol. The summed E-state index contributed by atoms with van der Waals surface area (Å²) >= 11 is 4.11. The zero-order valence-electron chi connectivity index (χ0n) is 21.7. The summed E-state index contributed by atoms with van der Waals surface area (Å²) in [5.74, 6) is 0. The Hall–Kier alpha value is -1.82. The van der Waals surface area contributed by atoms with Gasteiger partial charge in [-0.1, -0.05) is 0 Å². The molecule has 2 heteroatoms. The maximum atomic E-state index is 6.40. The third-order valence-electron chi connectivity index (χ3n) is 7.40. The van der Waals surface area contributed by atoms with Gasteiger partial charge in [-0.15, -0.1) is 0 Å². The van der Waals surface area contributed by atoms with Crippen molar-refractivity contribution >= 4 is 15.3 Å². The summed E-state index contributed by atoms with van der Waals surface area (Å²) in [4.78, 5) is 0. The molecule has 0 heterocycles. The van der Waals surface area contributed by atoms with Gasteiger partial charge in [0.05, 0.1) is 0 Å². The average Bonchev–Trinajstić information content (AvgIpc) is 3.42. The molecule has 0 aromatic heterocycles. The molecule has 3 aromatic rings. The normalized spacial score (nSPS) is 16.1. The Morgan fingerprint density at radius 1 is 0.714 bits per heavy atom. The van der Waals surface area contributed by atoms with Gasteiger partial charge in [0.15, 0.2) is 0 Å². The summed E-state index contributed by atoms with van der Waals surface area (Å²) in [6, 6.07) is 23.0. The van der Waals surface area contributed by atoms with Crippen molar-refractivity contribution < 1.29 is 21.3 Å². The van der Waals surface area contributed by atoms with Crippen LogP contribution in [0.2, 0.25) is 8.65 Å². The molecule has 0 saturated carbocycles. The molecule has 0 amide bonds. The number of benzene rings is 3.